The summed E-state index contributed by atoms with van der Waals surface area (Å²) in [7, 11) is 0. The molecule has 2 heterocycles. The van der Waals surface area contributed by atoms with E-state index >= 15 is 0 Å². The zero-order valence-electron chi connectivity index (χ0n) is 16.5. The largest absolute Gasteiger partial charge is 0.466 e. The van der Waals surface area contributed by atoms with E-state index in [4.69, 9.17) is 9.84 Å². The summed E-state index contributed by atoms with van der Waals surface area (Å²) in [6.07, 6.45) is 0.861. The molecule has 0 amide bonds. The van der Waals surface area contributed by atoms with Crippen LogP contribution in [0, 0.1) is 13.8 Å². The van der Waals surface area contributed by atoms with Crippen LogP contribution in [-0.4, -0.2) is 15.4 Å². The highest BCUT2D eigenvalue weighted by molar-refractivity contribution is 5.49. The first-order chi connectivity index (χ1) is 12.9. The van der Waals surface area contributed by atoms with Gasteiger partial charge in [-0.05, 0) is 51.0 Å². The third-order valence-corrected chi connectivity index (χ3v) is 5.71. The van der Waals surface area contributed by atoms with Crippen LogP contribution >= 0.6 is 0 Å². The van der Waals surface area contributed by atoms with Gasteiger partial charge in [0.15, 0.2) is 0 Å². The van der Waals surface area contributed by atoms with Gasteiger partial charge in [-0.1, -0.05) is 54.6 Å². The van der Waals surface area contributed by atoms with Crippen LogP contribution in [-0.2, 0) is 0 Å². The highest BCUT2D eigenvalue weighted by atomic mass is 16.5. The SMILES string of the molecule is C=C(C)[C@@]1(C)C[C@H](c2ccc(C)cc2)c2c(C)nn(-c3ccccc3)c2O1. The van der Waals surface area contributed by atoms with Gasteiger partial charge in [-0.2, -0.15) is 5.10 Å². The average molecular weight is 358 g/mol. The van der Waals surface area contributed by atoms with Crippen LogP contribution in [0.5, 0.6) is 5.88 Å². The quantitative estimate of drug-likeness (QED) is 0.558. The highest BCUT2D eigenvalue weighted by Gasteiger charge is 2.42. The maximum absolute atomic E-state index is 6.56. The van der Waals surface area contributed by atoms with Crippen LogP contribution in [0.4, 0.5) is 0 Å². The number of hydrogen-bond acceptors (Lipinski definition) is 2. The number of hydrogen-bond donors (Lipinski definition) is 0. The van der Waals surface area contributed by atoms with Crippen molar-refractivity contribution < 1.29 is 4.74 Å². The number of nitrogens with zero attached hydrogens (tertiary/aromatic N) is 2. The molecule has 4 rings (SSSR count). The number of para-hydroxylation sites is 1. The minimum absolute atomic E-state index is 0.230. The van der Waals surface area contributed by atoms with Gasteiger partial charge in [0.1, 0.15) is 5.60 Å². The maximum Gasteiger partial charge on any atom is 0.221 e. The molecule has 3 heteroatoms. The molecule has 0 bridgehead atoms. The normalized spacial score (nSPS) is 21.4. The third kappa shape index (κ3) is 2.97. The summed E-state index contributed by atoms with van der Waals surface area (Å²) in [5, 5.41) is 4.84. The maximum atomic E-state index is 6.56. The van der Waals surface area contributed by atoms with Gasteiger partial charge in [-0.15, -0.1) is 0 Å². The number of aromatic nitrogens is 2. The van der Waals surface area contributed by atoms with E-state index in [0.717, 1.165) is 29.3 Å². The number of fused-ring (bicyclic) bond motifs is 1. The molecule has 2 atom stereocenters. The van der Waals surface area contributed by atoms with E-state index in [0.29, 0.717) is 0 Å². The van der Waals surface area contributed by atoms with E-state index in [9.17, 15) is 0 Å². The molecule has 0 unspecified atom stereocenters. The molecule has 0 saturated carbocycles. The second-order valence-electron chi connectivity index (χ2n) is 7.83. The van der Waals surface area contributed by atoms with Crippen LogP contribution < -0.4 is 4.74 Å². The van der Waals surface area contributed by atoms with E-state index in [1.165, 1.54) is 16.7 Å². The van der Waals surface area contributed by atoms with Crippen molar-refractivity contribution >= 4 is 0 Å². The van der Waals surface area contributed by atoms with E-state index in [1.54, 1.807) is 0 Å². The Hall–Kier alpha value is -2.81. The lowest BCUT2D eigenvalue weighted by molar-refractivity contribution is 0.0856. The average Bonchev–Trinajstić information content (AvgIpc) is 2.98. The van der Waals surface area contributed by atoms with Crippen molar-refractivity contribution in [3.8, 4) is 11.6 Å². The molecule has 1 aromatic heterocycles. The van der Waals surface area contributed by atoms with Crippen molar-refractivity contribution in [1.29, 1.82) is 0 Å². The number of rotatable bonds is 3. The third-order valence-electron chi connectivity index (χ3n) is 5.71. The smallest absolute Gasteiger partial charge is 0.221 e. The molecule has 0 spiro atoms. The van der Waals surface area contributed by atoms with Crippen LogP contribution in [0.1, 0.15) is 48.6 Å². The van der Waals surface area contributed by atoms with E-state index in [-0.39, 0.29) is 5.92 Å². The molecule has 1 aliphatic heterocycles. The standard InChI is InChI=1S/C24H26N2O/c1-16(2)24(5)15-21(19-13-11-17(3)12-14-19)22-18(4)25-26(23(22)27-24)20-9-7-6-8-10-20/h6-14,21H,1,15H2,2-5H3/t21-,24-/m1/s1. The first-order valence-corrected chi connectivity index (χ1v) is 9.45. The molecular weight excluding hydrogens is 332 g/mol. The van der Waals surface area contributed by atoms with Gasteiger partial charge in [0.2, 0.25) is 5.88 Å². The van der Waals surface area contributed by atoms with Crippen molar-refractivity contribution in [2.45, 2.75) is 45.6 Å². The van der Waals surface area contributed by atoms with Gasteiger partial charge < -0.3 is 4.74 Å². The van der Waals surface area contributed by atoms with Gasteiger partial charge in [0, 0.05) is 17.9 Å². The Morgan fingerprint density at radius 3 is 2.41 bits per heavy atom. The molecule has 2 aromatic carbocycles. The summed E-state index contributed by atoms with van der Waals surface area (Å²) >= 11 is 0. The molecule has 138 valence electrons. The van der Waals surface area contributed by atoms with Gasteiger partial charge >= 0.3 is 0 Å². The van der Waals surface area contributed by atoms with Crippen LogP contribution in [0.2, 0.25) is 0 Å². The van der Waals surface area contributed by atoms with Gasteiger partial charge in [0.05, 0.1) is 11.4 Å². The zero-order valence-corrected chi connectivity index (χ0v) is 16.5. The summed E-state index contributed by atoms with van der Waals surface area (Å²) in [5.74, 6) is 1.06. The molecular formula is C24H26N2O. The number of benzene rings is 2. The Morgan fingerprint density at radius 1 is 1.11 bits per heavy atom. The predicted molar refractivity (Wildman–Crippen MR) is 110 cm³/mol. The fourth-order valence-electron chi connectivity index (χ4n) is 3.85. The Kier molecular flexibility index (Phi) is 4.18. The molecule has 1 aliphatic rings. The number of aryl methyl sites for hydroxylation is 2. The monoisotopic (exact) mass is 358 g/mol. The molecule has 3 nitrogen and oxygen atoms in total. The van der Waals surface area contributed by atoms with Crippen molar-refractivity contribution in [2.75, 3.05) is 0 Å². The molecule has 0 fully saturated rings. The first-order valence-electron chi connectivity index (χ1n) is 9.45. The summed E-state index contributed by atoms with van der Waals surface area (Å²) < 4.78 is 8.50. The second kappa shape index (κ2) is 6.41. The molecule has 27 heavy (non-hydrogen) atoms. The van der Waals surface area contributed by atoms with Crippen molar-refractivity contribution in [3.63, 3.8) is 0 Å². The Labute approximate surface area is 161 Å². The topological polar surface area (TPSA) is 27.1 Å². The lowest BCUT2D eigenvalue weighted by atomic mass is 9.77. The van der Waals surface area contributed by atoms with Crippen molar-refractivity contribution in [1.82, 2.24) is 9.78 Å². The van der Waals surface area contributed by atoms with Gasteiger partial charge in [-0.3, -0.25) is 0 Å². The van der Waals surface area contributed by atoms with Crippen molar-refractivity contribution in [2.24, 2.45) is 0 Å². The van der Waals surface area contributed by atoms with Crippen LogP contribution in [0.3, 0.4) is 0 Å². The molecule has 0 saturated heterocycles. The Bertz CT molecular complexity index is 985. The van der Waals surface area contributed by atoms with Gasteiger partial charge in [0.25, 0.3) is 0 Å². The summed E-state index contributed by atoms with van der Waals surface area (Å²) in [5.41, 5.74) is 6.38. The Morgan fingerprint density at radius 2 is 1.78 bits per heavy atom. The molecule has 3 aromatic rings. The second-order valence-corrected chi connectivity index (χ2v) is 7.83. The minimum atomic E-state index is -0.429. The summed E-state index contributed by atoms with van der Waals surface area (Å²) in [6.45, 7) is 12.6. The molecule has 0 aliphatic carbocycles. The predicted octanol–water partition coefficient (Wildman–Crippen LogP) is 5.74. The lowest BCUT2D eigenvalue weighted by Crippen LogP contribution is -2.39. The number of ether oxygens (including phenoxy) is 1. The first kappa shape index (κ1) is 17.6. The van der Waals surface area contributed by atoms with Crippen LogP contribution in [0.25, 0.3) is 5.69 Å². The van der Waals surface area contributed by atoms with Crippen molar-refractivity contribution in [3.05, 3.63) is 89.1 Å². The summed E-state index contributed by atoms with van der Waals surface area (Å²) in [4.78, 5) is 0. The Balaban J connectivity index is 1.92. The molecule has 0 N–H and O–H groups in total. The minimum Gasteiger partial charge on any atom is -0.466 e. The fraction of sp³-hybridized carbons (Fsp3) is 0.292. The van der Waals surface area contributed by atoms with Crippen LogP contribution in [0.15, 0.2) is 66.7 Å². The van der Waals surface area contributed by atoms with E-state index in [2.05, 4.69) is 63.7 Å². The fourth-order valence-corrected chi connectivity index (χ4v) is 3.85. The van der Waals surface area contributed by atoms with E-state index in [1.807, 2.05) is 29.8 Å². The summed E-state index contributed by atoms with van der Waals surface area (Å²) in [6, 6.07) is 19.0. The van der Waals surface area contributed by atoms with Gasteiger partial charge in [-0.25, -0.2) is 4.68 Å². The zero-order chi connectivity index (χ0) is 19.2. The molecule has 0 radical (unpaired) electrons. The highest BCUT2D eigenvalue weighted by Crippen LogP contribution is 2.48. The lowest BCUT2D eigenvalue weighted by Gasteiger charge is -2.39. The van der Waals surface area contributed by atoms with E-state index < -0.39 is 5.60 Å².